The molecule has 1 fully saturated rings. The summed E-state index contributed by atoms with van der Waals surface area (Å²) in [6.45, 7) is 0.284. The lowest BCUT2D eigenvalue weighted by atomic mass is 9.97. The summed E-state index contributed by atoms with van der Waals surface area (Å²) >= 11 is 0. The number of benzene rings is 1. The first-order valence-electron chi connectivity index (χ1n) is 6.58. The zero-order chi connectivity index (χ0) is 13.8. The van der Waals surface area contributed by atoms with Crippen molar-refractivity contribution >= 4 is 5.91 Å². The molecule has 0 bridgehead atoms. The summed E-state index contributed by atoms with van der Waals surface area (Å²) in [5.41, 5.74) is 5.12. The first kappa shape index (κ1) is 13.9. The number of carbonyl (C=O) groups is 1. The summed E-state index contributed by atoms with van der Waals surface area (Å²) in [6, 6.07) is 3.17. The Morgan fingerprint density at radius 3 is 2.42 bits per heavy atom. The van der Waals surface area contributed by atoms with Crippen LogP contribution in [-0.4, -0.2) is 18.5 Å². The molecule has 0 saturated heterocycles. The van der Waals surface area contributed by atoms with Crippen LogP contribution in [0.5, 0.6) is 0 Å². The highest BCUT2D eigenvalue weighted by Gasteiger charge is 2.27. The number of hydrogen-bond donors (Lipinski definition) is 2. The summed E-state index contributed by atoms with van der Waals surface area (Å²) in [5, 5.41) is 2.66. The Kier molecular flexibility index (Phi) is 4.47. The predicted octanol–water partition coefficient (Wildman–Crippen LogP) is 2.21. The van der Waals surface area contributed by atoms with Crippen LogP contribution < -0.4 is 11.1 Å². The van der Waals surface area contributed by atoms with Crippen molar-refractivity contribution < 1.29 is 13.6 Å². The SMILES string of the molecule is NCC(NC(=O)c1c(F)cccc1F)C1CCCC1. The van der Waals surface area contributed by atoms with Gasteiger partial charge in [-0.05, 0) is 30.9 Å². The van der Waals surface area contributed by atoms with Gasteiger partial charge in [-0.3, -0.25) is 4.79 Å². The highest BCUT2D eigenvalue weighted by Crippen LogP contribution is 2.27. The topological polar surface area (TPSA) is 55.1 Å². The molecule has 3 nitrogen and oxygen atoms in total. The fraction of sp³-hybridized carbons (Fsp3) is 0.500. The standard InChI is InChI=1S/C14H18F2N2O/c15-10-6-3-7-11(16)13(10)14(19)18-12(8-17)9-4-1-2-5-9/h3,6-7,9,12H,1-2,4-5,8,17H2,(H,18,19). The van der Waals surface area contributed by atoms with Crippen LogP contribution in [0.15, 0.2) is 18.2 Å². The summed E-state index contributed by atoms with van der Waals surface area (Å²) < 4.78 is 27.0. The molecule has 1 aliphatic carbocycles. The molecule has 1 aromatic rings. The number of rotatable bonds is 4. The molecule has 2 rings (SSSR count). The lowest BCUT2D eigenvalue weighted by Crippen LogP contribution is -2.45. The third-order valence-corrected chi connectivity index (χ3v) is 3.73. The van der Waals surface area contributed by atoms with Gasteiger partial charge in [0.15, 0.2) is 0 Å². The Hall–Kier alpha value is -1.49. The van der Waals surface area contributed by atoms with E-state index < -0.39 is 23.1 Å². The molecule has 19 heavy (non-hydrogen) atoms. The fourth-order valence-electron chi connectivity index (χ4n) is 2.68. The zero-order valence-electron chi connectivity index (χ0n) is 10.7. The number of nitrogens with one attached hydrogen (secondary N) is 1. The van der Waals surface area contributed by atoms with Crippen LogP contribution in [0.1, 0.15) is 36.0 Å². The van der Waals surface area contributed by atoms with E-state index in [9.17, 15) is 13.6 Å². The molecule has 0 aliphatic heterocycles. The maximum atomic E-state index is 13.5. The monoisotopic (exact) mass is 268 g/mol. The van der Waals surface area contributed by atoms with Crippen molar-refractivity contribution in [3.63, 3.8) is 0 Å². The summed E-state index contributed by atoms with van der Waals surface area (Å²) in [6.07, 6.45) is 4.24. The molecule has 0 spiro atoms. The van der Waals surface area contributed by atoms with E-state index in [-0.39, 0.29) is 12.6 Å². The first-order valence-corrected chi connectivity index (χ1v) is 6.58. The van der Waals surface area contributed by atoms with Gasteiger partial charge in [0.2, 0.25) is 0 Å². The van der Waals surface area contributed by atoms with E-state index in [0.717, 1.165) is 37.8 Å². The minimum atomic E-state index is -0.848. The van der Waals surface area contributed by atoms with Crippen molar-refractivity contribution in [3.8, 4) is 0 Å². The minimum absolute atomic E-state index is 0.214. The molecule has 104 valence electrons. The average Bonchev–Trinajstić information content (AvgIpc) is 2.89. The Bertz CT molecular complexity index is 439. The molecule has 5 heteroatoms. The Morgan fingerprint density at radius 1 is 1.32 bits per heavy atom. The molecule has 0 heterocycles. The Labute approximate surface area is 111 Å². The number of carbonyl (C=O) groups excluding carboxylic acids is 1. The second-order valence-corrected chi connectivity index (χ2v) is 4.96. The zero-order valence-corrected chi connectivity index (χ0v) is 10.7. The first-order chi connectivity index (χ1) is 9.13. The lowest BCUT2D eigenvalue weighted by Gasteiger charge is -2.23. The van der Waals surface area contributed by atoms with Gasteiger partial charge in [0, 0.05) is 12.6 Å². The van der Waals surface area contributed by atoms with Crippen LogP contribution in [0.3, 0.4) is 0 Å². The van der Waals surface area contributed by atoms with Crippen LogP contribution >= 0.6 is 0 Å². The van der Waals surface area contributed by atoms with Crippen molar-refractivity contribution in [1.29, 1.82) is 0 Å². The van der Waals surface area contributed by atoms with Crippen molar-refractivity contribution in [2.24, 2.45) is 11.7 Å². The summed E-state index contributed by atoms with van der Waals surface area (Å²) in [4.78, 5) is 12.0. The van der Waals surface area contributed by atoms with E-state index in [2.05, 4.69) is 5.32 Å². The van der Waals surface area contributed by atoms with E-state index in [0.29, 0.717) is 5.92 Å². The van der Waals surface area contributed by atoms with Gasteiger partial charge >= 0.3 is 0 Å². The van der Waals surface area contributed by atoms with Crippen molar-refractivity contribution in [1.82, 2.24) is 5.32 Å². The second-order valence-electron chi connectivity index (χ2n) is 4.96. The van der Waals surface area contributed by atoms with Crippen LogP contribution in [0.25, 0.3) is 0 Å². The molecule has 1 unspecified atom stereocenters. The summed E-state index contributed by atoms with van der Waals surface area (Å²) in [5.74, 6) is -2.11. The predicted molar refractivity (Wildman–Crippen MR) is 68.6 cm³/mol. The van der Waals surface area contributed by atoms with Crippen molar-refractivity contribution in [3.05, 3.63) is 35.4 Å². The maximum absolute atomic E-state index is 13.5. The molecular weight excluding hydrogens is 250 g/mol. The van der Waals surface area contributed by atoms with Gasteiger partial charge in [-0.1, -0.05) is 18.9 Å². The molecule has 0 radical (unpaired) electrons. The highest BCUT2D eigenvalue weighted by atomic mass is 19.1. The smallest absolute Gasteiger partial charge is 0.257 e. The van der Waals surface area contributed by atoms with E-state index in [1.807, 2.05) is 0 Å². The Morgan fingerprint density at radius 2 is 1.89 bits per heavy atom. The molecule has 1 amide bonds. The van der Waals surface area contributed by atoms with Crippen LogP contribution in [0, 0.1) is 17.6 Å². The molecule has 0 aromatic heterocycles. The van der Waals surface area contributed by atoms with Crippen LogP contribution in [-0.2, 0) is 0 Å². The number of amides is 1. The highest BCUT2D eigenvalue weighted by molar-refractivity contribution is 5.94. The normalized spacial score (nSPS) is 17.4. The second kappa shape index (κ2) is 6.10. The number of hydrogen-bond acceptors (Lipinski definition) is 2. The maximum Gasteiger partial charge on any atom is 0.257 e. The van der Waals surface area contributed by atoms with Crippen molar-refractivity contribution in [2.75, 3.05) is 6.54 Å². The number of nitrogens with two attached hydrogens (primary N) is 1. The minimum Gasteiger partial charge on any atom is -0.348 e. The number of halogens is 2. The van der Waals surface area contributed by atoms with Gasteiger partial charge in [0.1, 0.15) is 17.2 Å². The third kappa shape index (κ3) is 3.10. The molecule has 1 atom stereocenters. The largest absolute Gasteiger partial charge is 0.348 e. The van der Waals surface area contributed by atoms with Crippen molar-refractivity contribution in [2.45, 2.75) is 31.7 Å². The van der Waals surface area contributed by atoms with E-state index in [1.54, 1.807) is 0 Å². The van der Waals surface area contributed by atoms with Crippen LogP contribution in [0.4, 0.5) is 8.78 Å². The van der Waals surface area contributed by atoms with Gasteiger partial charge in [-0.25, -0.2) is 8.78 Å². The molecule has 1 aromatic carbocycles. The Balaban J connectivity index is 2.11. The molecular formula is C14H18F2N2O. The lowest BCUT2D eigenvalue weighted by molar-refractivity contribution is 0.0915. The van der Waals surface area contributed by atoms with Gasteiger partial charge in [0.25, 0.3) is 5.91 Å². The summed E-state index contributed by atoms with van der Waals surface area (Å²) in [7, 11) is 0. The molecule has 1 saturated carbocycles. The van der Waals surface area contributed by atoms with Crippen LogP contribution in [0.2, 0.25) is 0 Å². The van der Waals surface area contributed by atoms with E-state index in [4.69, 9.17) is 5.73 Å². The molecule has 1 aliphatic rings. The van der Waals surface area contributed by atoms with Gasteiger partial charge in [0.05, 0.1) is 0 Å². The van der Waals surface area contributed by atoms with E-state index >= 15 is 0 Å². The fourth-order valence-corrected chi connectivity index (χ4v) is 2.68. The third-order valence-electron chi connectivity index (χ3n) is 3.73. The van der Waals surface area contributed by atoms with E-state index in [1.165, 1.54) is 6.07 Å². The van der Waals surface area contributed by atoms with Gasteiger partial charge in [-0.15, -0.1) is 0 Å². The average molecular weight is 268 g/mol. The quantitative estimate of drug-likeness (QED) is 0.879. The van der Waals surface area contributed by atoms with Gasteiger partial charge < -0.3 is 11.1 Å². The molecule has 3 N–H and O–H groups in total. The van der Waals surface area contributed by atoms with Gasteiger partial charge in [-0.2, -0.15) is 0 Å².